The van der Waals surface area contributed by atoms with Crippen LogP contribution in [-0.4, -0.2) is 9.38 Å². The van der Waals surface area contributed by atoms with Crippen LogP contribution >= 0.6 is 0 Å². The van der Waals surface area contributed by atoms with E-state index in [1.807, 2.05) is 24.4 Å². The van der Waals surface area contributed by atoms with Gasteiger partial charge in [0.1, 0.15) is 11.2 Å². The van der Waals surface area contributed by atoms with Crippen LogP contribution in [0.15, 0.2) is 95.5 Å². The zero-order chi connectivity index (χ0) is 24.2. The van der Waals surface area contributed by atoms with E-state index < -0.39 is 0 Å². The van der Waals surface area contributed by atoms with Crippen molar-refractivity contribution in [1.82, 2.24) is 9.38 Å². The summed E-state index contributed by atoms with van der Waals surface area (Å²) in [5, 5.41) is 7.51. The standard InChI is InChI=1S/C33H24N2O/c1-33(2,3)20-17-23-22-16-19(25-9-6-7-15-34-25)11-12-26(22)35-27-13-14-29-31(30(27)24(18-20)32(23)35)21-8-4-5-10-28(21)36-29/h4-18H,1-3H3. The molecule has 0 saturated carbocycles. The number of rotatable bonds is 1. The molecule has 0 spiro atoms. The first-order valence-corrected chi connectivity index (χ1v) is 12.5. The third-order valence-electron chi connectivity index (χ3n) is 7.72. The van der Waals surface area contributed by atoms with E-state index in [4.69, 9.17) is 4.42 Å². The van der Waals surface area contributed by atoms with Crippen molar-refractivity contribution in [2.45, 2.75) is 26.2 Å². The summed E-state index contributed by atoms with van der Waals surface area (Å²) in [6.07, 6.45) is 1.86. The van der Waals surface area contributed by atoms with Crippen molar-refractivity contribution in [2.75, 3.05) is 0 Å². The summed E-state index contributed by atoms with van der Waals surface area (Å²) in [5.74, 6) is 0. The third kappa shape index (κ3) is 2.50. The summed E-state index contributed by atoms with van der Waals surface area (Å²) in [5.41, 5.74) is 9.10. The number of benzene rings is 4. The molecule has 0 aliphatic carbocycles. The van der Waals surface area contributed by atoms with Gasteiger partial charge in [-0.15, -0.1) is 0 Å². The van der Waals surface area contributed by atoms with Crippen LogP contribution in [0.4, 0.5) is 0 Å². The van der Waals surface area contributed by atoms with Gasteiger partial charge >= 0.3 is 0 Å². The SMILES string of the molecule is CC(C)(C)c1cc2c3cc(-c4ccccn4)ccc3n3c4ccc5oc6ccccc6c5c4c(c1)c23. The fraction of sp³-hybridized carbons (Fsp3) is 0.121. The molecule has 0 bridgehead atoms. The van der Waals surface area contributed by atoms with Gasteiger partial charge in [0.25, 0.3) is 0 Å². The minimum atomic E-state index is 0.0207. The van der Waals surface area contributed by atoms with Gasteiger partial charge in [-0.1, -0.05) is 51.1 Å². The third-order valence-corrected chi connectivity index (χ3v) is 7.72. The lowest BCUT2D eigenvalue weighted by atomic mass is 9.85. The predicted octanol–water partition coefficient (Wildman–Crippen LogP) is 9.10. The molecule has 3 heteroatoms. The van der Waals surface area contributed by atoms with Gasteiger partial charge in [-0.05, 0) is 65.6 Å². The Morgan fingerprint density at radius 3 is 2.31 bits per heavy atom. The molecular weight excluding hydrogens is 440 g/mol. The number of hydrogen-bond acceptors (Lipinski definition) is 2. The topological polar surface area (TPSA) is 30.4 Å². The largest absolute Gasteiger partial charge is 0.456 e. The first-order chi connectivity index (χ1) is 17.5. The van der Waals surface area contributed by atoms with Gasteiger partial charge in [0.05, 0.1) is 22.2 Å². The fourth-order valence-corrected chi connectivity index (χ4v) is 5.98. The summed E-state index contributed by atoms with van der Waals surface area (Å²) in [6.45, 7) is 6.88. The van der Waals surface area contributed by atoms with E-state index in [1.54, 1.807) is 0 Å². The highest BCUT2D eigenvalue weighted by atomic mass is 16.3. The van der Waals surface area contributed by atoms with Crippen LogP contribution in [0.1, 0.15) is 26.3 Å². The highest BCUT2D eigenvalue weighted by Crippen LogP contribution is 2.46. The Labute approximate surface area is 207 Å². The summed E-state index contributed by atoms with van der Waals surface area (Å²) in [7, 11) is 0. The summed E-state index contributed by atoms with van der Waals surface area (Å²) in [6, 6.07) is 30.4. The molecule has 0 atom stereocenters. The lowest BCUT2D eigenvalue weighted by molar-refractivity contribution is 0.592. The monoisotopic (exact) mass is 464 g/mol. The molecule has 0 amide bonds. The Bertz CT molecular complexity index is 2120. The molecule has 0 aliphatic rings. The van der Waals surface area contributed by atoms with Gasteiger partial charge in [0.2, 0.25) is 0 Å². The molecule has 172 valence electrons. The van der Waals surface area contributed by atoms with Gasteiger partial charge in [-0.2, -0.15) is 0 Å². The second-order valence-corrected chi connectivity index (χ2v) is 10.9. The molecule has 0 N–H and O–H groups in total. The molecule has 4 aromatic heterocycles. The smallest absolute Gasteiger partial charge is 0.136 e. The Balaban J connectivity index is 1.61. The molecule has 0 fully saturated rings. The van der Waals surface area contributed by atoms with Crippen molar-refractivity contribution in [3.8, 4) is 11.3 Å². The van der Waals surface area contributed by atoms with E-state index in [1.165, 1.54) is 54.4 Å². The first kappa shape index (κ1) is 19.9. The van der Waals surface area contributed by atoms with Gasteiger partial charge < -0.3 is 8.82 Å². The van der Waals surface area contributed by atoms with Crippen LogP contribution in [0.2, 0.25) is 0 Å². The Morgan fingerprint density at radius 2 is 1.47 bits per heavy atom. The zero-order valence-electron chi connectivity index (χ0n) is 20.5. The van der Waals surface area contributed by atoms with Crippen molar-refractivity contribution in [1.29, 1.82) is 0 Å². The molecule has 0 aliphatic heterocycles. The van der Waals surface area contributed by atoms with E-state index >= 15 is 0 Å². The Morgan fingerprint density at radius 1 is 0.667 bits per heavy atom. The second-order valence-electron chi connectivity index (χ2n) is 10.9. The van der Waals surface area contributed by atoms with Crippen molar-refractivity contribution < 1.29 is 4.42 Å². The lowest BCUT2D eigenvalue weighted by Crippen LogP contribution is -2.10. The Hall–Kier alpha value is -4.37. The van der Waals surface area contributed by atoms with E-state index in [9.17, 15) is 0 Å². The average molecular weight is 465 g/mol. The van der Waals surface area contributed by atoms with Crippen LogP contribution in [0.25, 0.3) is 71.3 Å². The maximum Gasteiger partial charge on any atom is 0.136 e. The first-order valence-electron chi connectivity index (χ1n) is 12.5. The van der Waals surface area contributed by atoms with Gasteiger partial charge in [-0.25, -0.2) is 0 Å². The maximum atomic E-state index is 6.28. The molecule has 8 aromatic rings. The quantitative estimate of drug-likeness (QED) is 0.242. The van der Waals surface area contributed by atoms with E-state index in [-0.39, 0.29) is 5.41 Å². The summed E-state index contributed by atoms with van der Waals surface area (Å²) >= 11 is 0. The molecule has 0 saturated heterocycles. The van der Waals surface area contributed by atoms with E-state index in [0.717, 1.165) is 22.4 Å². The van der Waals surface area contributed by atoms with Crippen molar-refractivity contribution >= 4 is 60.0 Å². The second kappa shape index (κ2) is 6.64. The number of aromatic nitrogens is 2. The minimum absolute atomic E-state index is 0.0207. The van der Waals surface area contributed by atoms with Crippen LogP contribution in [0.5, 0.6) is 0 Å². The summed E-state index contributed by atoms with van der Waals surface area (Å²) in [4.78, 5) is 4.61. The van der Waals surface area contributed by atoms with Crippen LogP contribution in [0.3, 0.4) is 0 Å². The highest BCUT2D eigenvalue weighted by Gasteiger charge is 2.24. The lowest BCUT2D eigenvalue weighted by Gasteiger charge is -2.19. The van der Waals surface area contributed by atoms with Gasteiger partial charge in [0.15, 0.2) is 0 Å². The van der Waals surface area contributed by atoms with Crippen LogP contribution in [0, 0.1) is 0 Å². The Kier molecular flexibility index (Phi) is 3.67. The number of pyridine rings is 1. The number of furan rings is 1. The summed E-state index contributed by atoms with van der Waals surface area (Å²) < 4.78 is 8.73. The normalized spacial score (nSPS) is 12.9. The van der Waals surface area contributed by atoms with E-state index in [2.05, 4.69) is 96.9 Å². The molecule has 0 unspecified atom stereocenters. The fourth-order valence-electron chi connectivity index (χ4n) is 5.98. The van der Waals surface area contributed by atoms with Crippen molar-refractivity contribution in [3.63, 3.8) is 0 Å². The molecule has 8 rings (SSSR count). The number of para-hydroxylation sites is 1. The van der Waals surface area contributed by atoms with Crippen LogP contribution in [-0.2, 0) is 5.41 Å². The van der Waals surface area contributed by atoms with E-state index in [0.29, 0.717) is 0 Å². The van der Waals surface area contributed by atoms with Crippen LogP contribution < -0.4 is 0 Å². The van der Waals surface area contributed by atoms with Gasteiger partial charge in [0, 0.05) is 44.1 Å². The predicted molar refractivity (Wildman–Crippen MR) is 150 cm³/mol. The molecule has 4 aromatic carbocycles. The average Bonchev–Trinajstić information content (AvgIpc) is 3.54. The molecule has 4 heterocycles. The van der Waals surface area contributed by atoms with Crippen molar-refractivity contribution in [3.05, 3.63) is 96.7 Å². The number of nitrogens with zero attached hydrogens (tertiary/aromatic N) is 2. The van der Waals surface area contributed by atoms with Gasteiger partial charge in [-0.3, -0.25) is 4.98 Å². The molecular formula is C33H24N2O. The highest BCUT2D eigenvalue weighted by molar-refractivity contribution is 6.32. The number of hydrogen-bond donors (Lipinski definition) is 0. The maximum absolute atomic E-state index is 6.28. The number of fused-ring (bicyclic) bond motifs is 10. The minimum Gasteiger partial charge on any atom is -0.456 e. The molecule has 36 heavy (non-hydrogen) atoms. The molecule has 3 nitrogen and oxygen atoms in total. The van der Waals surface area contributed by atoms with Crippen molar-refractivity contribution in [2.24, 2.45) is 0 Å². The molecule has 0 radical (unpaired) electrons. The zero-order valence-corrected chi connectivity index (χ0v) is 20.5.